The highest BCUT2D eigenvalue weighted by Gasteiger charge is 2.22. The molecular weight excluding hydrogens is 381 g/mol. The van der Waals surface area contributed by atoms with Gasteiger partial charge in [0.2, 0.25) is 0 Å². The number of rotatable bonds is 6. The molecule has 2 aromatic carbocycles. The van der Waals surface area contributed by atoms with Crippen molar-refractivity contribution >= 4 is 29.1 Å². The Morgan fingerprint density at radius 3 is 2.67 bits per heavy atom. The molecule has 0 bridgehead atoms. The quantitative estimate of drug-likeness (QED) is 0.635. The van der Waals surface area contributed by atoms with E-state index in [1.165, 1.54) is 0 Å². The van der Waals surface area contributed by atoms with Crippen LogP contribution < -0.4 is 5.32 Å². The first-order valence-electron chi connectivity index (χ1n) is 8.63. The van der Waals surface area contributed by atoms with Crippen molar-refractivity contribution in [3.8, 4) is 0 Å². The van der Waals surface area contributed by atoms with E-state index in [1.54, 1.807) is 18.6 Å². The molecule has 0 spiro atoms. The molecule has 3 rings (SSSR count). The predicted molar refractivity (Wildman–Crippen MR) is 110 cm³/mol. The van der Waals surface area contributed by atoms with E-state index in [9.17, 15) is 4.79 Å². The molecule has 1 aromatic heterocycles. The maximum atomic E-state index is 12.6. The van der Waals surface area contributed by atoms with E-state index in [4.69, 9.17) is 23.2 Å². The van der Waals surface area contributed by atoms with E-state index >= 15 is 0 Å². The number of imidazole rings is 1. The van der Waals surface area contributed by atoms with Crippen molar-refractivity contribution in [2.75, 3.05) is 6.54 Å². The number of halogens is 2. The number of aromatic nitrogens is 2. The fourth-order valence-electron chi connectivity index (χ4n) is 2.82. The Balaban J connectivity index is 1.67. The van der Waals surface area contributed by atoms with Crippen LogP contribution in [0.4, 0.5) is 0 Å². The molecule has 0 aliphatic carbocycles. The number of carbonyl (C=O) groups is 1. The van der Waals surface area contributed by atoms with Crippen LogP contribution in [-0.2, 0) is 12.0 Å². The highest BCUT2D eigenvalue weighted by atomic mass is 35.5. The Hall–Kier alpha value is -2.30. The Bertz CT molecular complexity index is 936. The van der Waals surface area contributed by atoms with Crippen LogP contribution in [0.25, 0.3) is 0 Å². The second kappa shape index (κ2) is 8.15. The average Bonchev–Trinajstić information content (AvgIpc) is 3.15. The van der Waals surface area contributed by atoms with Crippen molar-refractivity contribution in [3.05, 3.63) is 87.9 Å². The maximum absolute atomic E-state index is 12.6. The van der Waals surface area contributed by atoms with Crippen LogP contribution in [0.2, 0.25) is 10.0 Å². The molecule has 0 radical (unpaired) electrons. The Kier molecular flexibility index (Phi) is 5.88. The van der Waals surface area contributed by atoms with Gasteiger partial charge in [-0.3, -0.25) is 4.79 Å². The second-order valence-corrected chi connectivity index (χ2v) is 7.95. The van der Waals surface area contributed by atoms with Gasteiger partial charge in [-0.05, 0) is 35.4 Å². The van der Waals surface area contributed by atoms with Gasteiger partial charge >= 0.3 is 0 Å². The highest BCUT2D eigenvalue weighted by molar-refractivity contribution is 6.42. The normalized spacial score (nSPS) is 11.4. The van der Waals surface area contributed by atoms with Crippen molar-refractivity contribution in [2.24, 2.45) is 0 Å². The van der Waals surface area contributed by atoms with Gasteiger partial charge in [-0.1, -0.05) is 55.2 Å². The summed E-state index contributed by atoms with van der Waals surface area (Å²) in [5.74, 6) is -0.101. The van der Waals surface area contributed by atoms with Crippen LogP contribution in [0.1, 0.15) is 35.3 Å². The van der Waals surface area contributed by atoms with E-state index in [1.807, 2.05) is 47.2 Å². The number of benzene rings is 2. The summed E-state index contributed by atoms with van der Waals surface area (Å²) in [7, 11) is 0. The van der Waals surface area contributed by atoms with E-state index < -0.39 is 0 Å². The molecule has 6 heteroatoms. The first-order valence-corrected chi connectivity index (χ1v) is 9.39. The third-order valence-corrected chi connectivity index (χ3v) is 5.24. The average molecular weight is 402 g/mol. The summed E-state index contributed by atoms with van der Waals surface area (Å²) < 4.78 is 1.96. The lowest BCUT2D eigenvalue weighted by Gasteiger charge is -2.26. The number of nitrogens with one attached hydrogen (secondary N) is 1. The van der Waals surface area contributed by atoms with Gasteiger partial charge in [-0.2, -0.15) is 0 Å². The van der Waals surface area contributed by atoms with Crippen molar-refractivity contribution < 1.29 is 4.79 Å². The van der Waals surface area contributed by atoms with Gasteiger partial charge in [0.15, 0.2) is 0 Å². The van der Waals surface area contributed by atoms with E-state index in [0.717, 1.165) is 11.1 Å². The number of hydrogen-bond acceptors (Lipinski definition) is 2. The summed E-state index contributed by atoms with van der Waals surface area (Å²) in [6, 6.07) is 13.2. The monoisotopic (exact) mass is 401 g/mol. The van der Waals surface area contributed by atoms with Crippen LogP contribution in [0.15, 0.2) is 61.2 Å². The smallest absolute Gasteiger partial charge is 0.251 e. The molecule has 0 saturated carbocycles. The number of carbonyl (C=O) groups excluding carboxylic acids is 1. The first kappa shape index (κ1) is 19.5. The summed E-state index contributed by atoms with van der Waals surface area (Å²) in [5.41, 5.74) is 2.42. The Morgan fingerprint density at radius 2 is 1.96 bits per heavy atom. The van der Waals surface area contributed by atoms with Crippen LogP contribution >= 0.6 is 23.2 Å². The molecule has 1 N–H and O–H groups in total. The van der Waals surface area contributed by atoms with Crippen molar-refractivity contribution in [3.63, 3.8) is 0 Å². The SMILES string of the molecule is CC(C)(CNC(=O)c1cccc(Cn2ccnc2)c1)c1ccc(Cl)c(Cl)c1. The van der Waals surface area contributed by atoms with Crippen LogP contribution in [0, 0.1) is 0 Å². The minimum Gasteiger partial charge on any atom is -0.351 e. The molecule has 3 aromatic rings. The van der Waals surface area contributed by atoms with Crippen LogP contribution in [0.5, 0.6) is 0 Å². The van der Waals surface area contributed by atoms with E-state index in [-0.39, 0.29) is 11.3 Å². The molecular formula is C21H21Cl2N3O. The lowest BCUT2D eigenvalue weighted by atomic mass is 9.84. The van der Waals surface area contributed by atoms with Gasteiger partial charge in [0.25, 0.3) is 5.91 Å². The lowest BCUT2D eigenvalue weighted by molar-refractivity contribution is 0.0945. The van der Waals surface area contributed by atoms with Crippen LogP contribution in [-0.4, -0.2) is 22.0 Å². The van der Waals surface area contributed by atoms with E-state index in [0.29, 0.717) is 28.7 Å². The van der Waals surface area contributed by atoms with Gasteiger partial charge in [-0.25, -0.2) is 4.98 Å². The molecule has 0 saturated heterocycles. The van der Waals surface area contributed by atoms with E-state index in [2.05, 4.69) is 24.1 Å². The topological polar surface area (TPSA) is 46.9 Å². The van der Waals surface area contributed by atoms with Crippen molar-refractivity contribution in [2.45, 2.75) is 25.8 Å². The second-order valence-electron chi connectivity index (χ2n) is 7.13. The minimum atomic E-state index is -0.279. The Morgan fingerprint density at radius 1 is 1.15 bits per heavy atom. The largest absolute Gasteiger partial charge is 0.351 e. The molecule has 0 unspecified atom stereocenters. The zero-order valence-corrected chi connectivity index (χ0v) is 16.8. The zero-order valence-electron chi connectivity index (χ0n) is 15.2. The molecule has 0 aliphatic heterocycles. The van der Waals surface area contributed by atoms with Gasteiger partial charge in [-0.15, -0.1) is 0 Å². The lowest BCUT2D eigenvalue weighted by Crippen LogP contribution is -2.36. The first-order chi connectivity index (χ1) is 12.8. The van der Waals surface area contributed by atoms with Crippen molar-refractivity contribution in [1.29, 1.82) is 0 Å². The molecule has 140 valence electrons. The Labute approximate surface area is 169 Å². The van der Waals surface area contributed by atoms with Gasteiger partial charge in [0, 0.05) is 36.5 Å². The van der Waals surface area contributed by atoms with Gasteiger partial charge < -0.3 is 9.88 Å². The number of nitrogens with zero attached hydrogens (tertiary/aromatic N) is 2. The van der Waals surface area contributed by atoms with Gasteiger partial charge in [0.05, 0.1) is 16.4 Å². The fourth-order valence-corrected chi connectivity index (χ4v) is 3.12. The van der Waals surface area contributed by atoms with Gasteiger partial charge in [0.1, 0.15) is 0 Å². The summed E-state index contributed by atoms with van der Waals surface area (Å²) in [5, 5.41) is 4.06. The summed E-state index contributed by atoms with van der Waals surface area (Å²) in [4.78, 5) is 16.7. The molecule has 27 heavy (non-hydrogen) atoms. The molecule has 0 atom stereocenters. The van der Waals surface area contributed by atoms with Crippen molar-refractivity contribution in [1.82, 2.24) is 14.9 Å². The molecule has 1 amide bonds. The minimum absolute atomic E-state index is 0.101. The molecule has 1 heterocycles. The summed E-state index contributed by atoms with van der Waals surface area (Å²) >= 11 is 12.1. The third kappa shape index (κ3) is 4.90. The molecule has 0 fully saturated rings. The number of amides is 1. The fraction of sp³-hybridized carbons (Fsp3) is 0.238. The predicted octanol–water partition coefficient (Wildman–Crippen LogP) is 4.95. The standard InChI is InChI=1S/C21H21Cl2N3O/c1-21(2,17-6-7-18(22)19(23)11-17)13-25-20(27)16-5-3-4-15(10-16)12-26-9-8-24-14-26/h3-11,14H,12-13H2,1-2H3,(H,25,27). The zero-order chi connectivity index (χ0) is 19.4. The summed E-state index contributed by atoms with van der Waals surface area (Å²) in [6.07, 6.45) is 5.39. The molecule has 0 aliphatic rings. The maximum Gasteiger partial charge on any atom is 0.251 e. The third-order valence-electron chi connectivity index (χ3n) is 4.51. The summed E-state index contributed by atoms with van der Waals surface area (Å²) in [6.45, 7) is 5.27. The number of hydrogen-bond donors (Lipinski definition) is 1. The van der Waals surface area contributed by atoms with Crippen LogP contribution in [0.3, 0.4) is 0 Å². The highest BCUT2D eigenvalue weighted by Crippen LogP contribution is 2.29. The molecule has 4 nitrogen and oxygen atoms in total.